The van der Waals surface area contributed by atoms with E-state index < -0.39 is 0 Å². The Kier molecular flexibility index (Phi) is 12.7. The first-order valence-electron chi connectivity index (χ1n) is 36.3. The maximum atomic E-state index is 6.73. The van der Waals surface area contributed by atoms with E-state index in [0.717, 1.165) is 170 Å². The van der Waals surface area contributed by atoms with Gasteiger partial charge in [0.15, 0.2) is 34.9 Å². The summed E-state index contributed by atoms with van der Waals surface area (Å²) in [6.07, 6.45) is 0. The zero-order chi connectivity index (χ0) is 71.1. The third kappa shape index (κ3) is 9.02. The Morgan fingerprint density at radius 3 is 1.25 bits per heavy atom. The van der Waals surface area contributed by atoms with Gasteiger partial charge in [-0.1, -0.05) is 212 Å². The largest absolute Gasteiger partial charge is 0.456 e. The van der Waals surface area contributed by atoms with Gasteiger partial charge < -0.3 is 22.4 Å². The lowest BCUT2D eigenvalue weighted by Crippen LogP contribution is -2.00. The van der Waals surface area contributed by atoms with Crippen LogP contribution in [-0.4, -0.2) is 39.0 Å². The monoisotopic (exact) mass is 1430 g/mol. The quantitative estimate of drug-likeness (QED) is 0.139. The molecule has 11 nitrogen and oxygen atoms in total. The van der Waals surface area contributed by atoms with Crippen molar-refractivity contribution in [2.75, 3.05) is 0 Å². The maximum Gasteiger partial charge on any atom is 0.164 e. The third-order valence-electron chi connectivity index (χ3n) is 21.9. The van der Waals surface area contributed by atoms with Crippen molar-refractivity contribution in [2.24, 2.45) is 0 Å². The molecule has 0 radical (unpaired) electrons. The van der Waals surface area contributed by atoms with E-state index in [1.165, 1.54) is 35.6 Å². The molecule has 0 aliphatic heterocycles. The van der Waals surface area contributed by atoms with Crippen molar-refractivity contribution in [1.29, 1.82) is 0 Å². The van der Waals surface area contributed by atoms with Crippen LogP contribution >= 0.6 is 22.7 Å². The highest BCUT2D eigenvalue weighted by Gasteiger charge is 2.27. The minimum Gasteiger partial charge on any atom is -0.456 e. The van der Waals surface area contributed by atoms with Gasteiger partial charge in [0.05, 0.1) is 22.1 Å². The highest BCUT2D eigenvalue weighted by Crippen LogP contribution is 2.50. The summed E-state index contributed by atoms with van der Waals surface area (Å²) in [6, 6.07) is 111. The van der Waals surface area contributed by atoms with Crippen LogP contribution < -0.4 is 0 Å². The Balaban J connectivity index is 0.612. The molecule has 9 aromatic heterocycles. The summed E-state index contributed by atoms with van der Waals surface area (Å²) < 4.78 is 29.1. The predicted molar refractivity (Wildman–Crippen MR) is 448 cm³/mol. The molecular formula is C96H52N8O3S2. The number of thiophene rings is 2. The molecule has 0 N–H and O–H groups in total. The van der Waals surface area contributed by atoms with Crippen LogP contribution in [0.3, 0.4) is 0 Å². The fourth-order valence-corrected chi connectivity index (χ4v) is 19.5. The Morgan fingerprint density at radius 1 is 0.211 bits per heavy atom. The van der Waals surface area contributed by atoms with Crippen molar-refractivity contribution < 1.29 is 13.3 Å². The summed E-state index contributed by atoms with van der Waals surface area (Å²) in [4.78, 5) is 31.9. The molecule has 0 saturated carbocycles. The van der Waals surface area contributed by atoms with E-state index in [4.69, 9.17) is 43.2 Å². The summed E-state index contributed by atoms with van der Waals surface area (Å²) in [6.45, 7) is 0. The molecule has 0 aliphatic carbocycles. The number of furan rings is 3. The number of nitrogens with zero attached hydrogens (tertiary/aromatic N) is 8. The Morgan fingerprint density at radius 2 is 0.615 bits per heavy atom. The van der Waals surface area contributed by atoms with Crippen LogP contribution in [0.25, 0.3) is 241 Å². The molecule has 0 unspecified atom stereocenters. The Bertz CT molecular complexity index is 8000. The van der Waals surface area contributed by atoms with Crippen LogP contribution in [0.2, 0.25) is 0 Å². The molecule has 506 valence electrons. The van der Waals surface area contributed by atoms with E-state index in [9.17, 15) is 0 Å². The SMILES string of the molecule is c1ccc(-c2nc(-c3ccc(-c4cccc5c4sc4ccc6c(c7ccccc7n6-c6ccc7sc8cccc(-c9nc(-c%10ccccc%10)nc(-c%10cccc%11oc%12ccccc%12c%10%11)n9)c8c7c6)c45)cc3)nc(-c3cccc4oc5ccc(-n6c7ccccc7c7c8c(ccc76)oc6ccccc68)cc5c34)n2)cc1. The van der Waals surface area contributed by atoms with Gasteiger partial charge in [-0.15, -0.1) is 22.7 Å². The van der Waals surface area contributed by atoms with E-state index in [2.05, 4.69) is 234 Å². The molecule has 0 bridgehead atoms. The number of para-hydroxylation sites is 4. The molecule has 0 fully saturated rings. The van der Waals surface area contributed by atoms with Crippen LogP contribution in [0.1, 0.15) is 0 Å². The van der Waals surface area contributed by atoms with Crippen molar-refractivity contribution in [1.82, 2.24) is 39.0 Å². The van der Waals surface area contributed by atoms with E-state index in [-0.39, 0.29) is 0 Å². The summed E-state index contributed by atoms with van der Waals surface area (Å²) in [5.41, 5.74) is 19.0. The molecule has 0 amide bonds. The summed E-state index contributed by atoms with van der Waals surface area (Å²) in [5, 5.41) is 15.5. The average molecular weight is 1430 g/mol. The van der Waals surface area contributed by atoms with Crippen LogP contribution in [0.5, 0.6) is 0 Å². The van der Waals surface area contributed by atoms with Crippen molar-refractivity contribution in [3.05, 3.63) is 315 Å². The molecule has 15 aromatic carbocycles. The molecule has 9 heterocycles. The van der Waals surface area contributed by atoms with E-state index in [1.54, 1.807) is 11.3 Å². The molecule has 0 aliphatic rings. The zero-order valence-corrected chi connectivity index (χ0v) is 59.3. The number of hydrogen-bond donors (Lipinski definition) is 0. The topological polar surface area (TPSA) is 127 Å². The summed E-state index contributed by atoms with van der Waals surface area (Å²) in [5.74, 6) is 3.48. The fourth-order valence-electron chi connectivity index (χ4n) is 17.1. The normalized spacial score (nSPS) is 12.2. The molecule has 109 heavy (non-hydrogen) atoms. The van der Waals surface area contributed by atoms with Crippen LogP contribution in [0, 0.1) is 0 Å². The first-order chi connectivity index (χ1) is 54.0. The van der Waals surface area contributed by atoms with Gasteiger partial charge in [0.2, 0.25) is 0 Å². The van der Waals surface area contributed by atoms with Gasteiger partial charge in [-0.05, 0) is 114 Å². The van der Waals surface area contributed by atoms with Crippen molar-refractivity contribution >= 4 is 172 Å². The number of hydrogen-bond acceptors (Lipinski definition) is 11. The average Bonchev–Trinajstić information content (AvgIpc) is 1.54. The summed E-state index contributed by atoms with van der Waals surface area (Å²) >= 11 is 3.63. The van der Waals surface area contributed by atoms with Crippen LogP contribution in [-0.2, 0) is 0 Å². The van der Waals surface area contributed by atoms with Gasteiger partial charge in [0.1, 0.15) is 33.5 Å². The van der Waals surface area contributed by atoms with Gasteiger partial charge in [0, 0.05) is 139 Å². The minimum absolute atomic E-state index is 0.549. The lowest BCUT2D eigenvalue weighted by Gasteiger charge is -2.11. The van der Waals surface area contributed by atoms with Crippen LogP contribution in [0.4, 0.5) is 0 Å². The van der Waals surface area contributed by atoms with E-state index >= 15 is 0 Å². The molecule has 0 atom stereocenters. The maximum absolute atomic E-state index is 6.73. The standard InChI is InChI=1S/C96H52N8O3S2/c1-3-19-54(20-4-1)91-97-93(101-94(98-91)66-30-17-37-78-84(66)68-51-57(43-47-76(68)107-78)103-70-32-11-7-23-60(70)86-72(103)45-48-79-88(86)63-26-10-14-35-75(63)106-79)56-41-39-53(40-42-56)59-27-15-28-64-89-82(109-90(59)64)50-46-73-87(89)61-24-8-12-33-71(61)104(73)58-44-49-80-69(52-58)85-67(31-18-38-81(85)108-80)96-100-92(55-21-5-2-6-22-55)99-95(102-96)65-29-16-36-77-83(65)62-25-9-13-34-74(62)105-77/h1-52H. The zero-order valence-electron chi connectivity index (χ0n) is 57.6. The van der Waals surface area contributed by atoms with E-state index in [1.807, 2.05) is 102 Å². The lowest BCUT2D eigenvalue weighted by molar-refractivity contribution is 0.668. The smallest absolute Gasteiger partial charge is 0.164 e. The second-order valence-electron chi connectivity index (χ2n) is 27.9. The van der Waals surface area contributed by atoms with Gasteiger partial charge in [-0.2, -0.15) is 0 Å². The molecule has 0 spiro atoms. The molecular weight excluding hydrogens is 1380 g/mol. The first kappa shape index (κ1) is 60.1. The second-order valence-corrected chi connectivity index (χ2v) is 30.0. The molecule has 13 heteroatoms. The van der Waals surface area contributed by atoms with E-state index in [0.29, 0.717) is 34.9 Å². The fraction of sp³-hybridized carbons (Fsp3) is 0. The summed E-state index contributed by atoms with van der Waals surface area (Å²) in [7, 11) is 0. The lowest BCUT2D eigenvalue weighted by atomic mass is 9.99. The van der Waals surface area contributed by atoms with Crippen molar-refractivity contribution in [3.63, 3.8) is 0 Å². The number of aromatic nitrogens is 8. The van der Waals surface area contributed by atoms with Gasteiger partial charge in [0.25, 0.3) is 0 Å². The van der Waals surface area contributed by atoms with Crippen molar-refractivity contribution in [3.8, 4) is 90.8 Å². The van der Waals surface area contributed by atoms with Crippen molar-refractivity contribution in [2.45, 2.75) is 0 Å². The molecule has 24 rings (SSSR count). The molecule has 0 saturated heterocycles. The Hall–Kier alpha value is -14.2. The highest BCUT2D eigenvalue weighted by molar-refractivity contribution is 7.26. The first-order valence-corrected chi connectivity index (χ1v) is 37.9. The number of rotatable bonds is 9. The van der Waals surface area contributed by atoms with Gasteiger partial charge in [-0.25, -0.2) is 29.9 Å². The second kappa shape index (κ2) is 23.1. The third-order valence-corrected chi connectivity index (χ3v) is 24.2. The Labute approximate surface area is 626 Å². The molecule has 24 aromatic rings. The number of benzene rings is 15. The predicted octanol–water partition coefficient (Wildman–Crippen LogP) is 26.4. The van der Waals surface area contributed by atoms with Crippen LogP contribution in [0.15, 0.2) is 329 Å². The highest BCUT2D eigenvalue weighted by atomic mass is 32.1. The minimum atomic E-state index is 0.549. The number of fused-ring (bicyclic) bond motifs is 23. The van der Waals surface area contributed by atoms with Gasteiger partial charge in [-0.3, -0.25) is 0 Å². The van der Waals surface area contributed by atoms with Gasteiger partial charge >= 0.3 is 0 Å².